The summed E-state index contributed by atoms with van der Waals surface area (Å²) in [6, 6.07) is 12.9. The van der Waals surface area contributed by atoms with Crippen LogP contribution in [-0.2, 0) is 30.0 Å². The van der Waals surface area contributed by atoms with Gasteiger partial charge in [-0.1, -0.05) is 32.0 Å². The predicted octanol–water partition coefficient (Wildman–Crippen LogP) is 4.38. The summed E-state index contributed by atoms with van der Waals surface area (Å²) in [4.78, 5) is 0.297. The van der Waals surface area contributed by atoms with E-state index in [-0.39, 0.29) is 6.54 Å². The van der Waals surface area contributed by atoms with Crippen LogP contribution >= 0.6 is 0 Å². The van der Waals surface area contributed by atoms with Crippen LogP contribution in [0.25, 0.3) is 0 Å². The number of hydrogen-bond donors (Lipinski definition) is 0. The zero-order chi connectivity index (χ0) is 24.0. The quantitative estimate of drug-likeness (QED) is 0.415. The van der Waals surface area contributed by atoms with Crippen LogP contribution in [0.5, 0.6) is 11.5 Å². The summed E-state index contributed by atoms with van der Waals surface area (Å²) >= 11 is 0. The number of sulfonamides is 1. The van der Waals surface area contributed by atoms with E-state index in [9.17, 15) is 8.42 Å². The molecule has 0 bridgehead atoms. The van der Waals surface area contributed by atoms with Crippen molar-refractivity contribution in [3.8, 4) is 11.5 Å². The van der Waals surface area contributed by atoms with Crippen LogP contribution in [0.2, 0.25) is 0 Å². The van der Waals surface area contributed by atoms with Crippen molar-refractivity contribution in [1.82, 2.24) is 14.1 Å². The highest BCUT2D eigenvalue weighted by Crippen LogP contribution is 2.28. The minimum atomic E-state index is -3.70. The van der Waals surface area contributed by atoms with Crippen molar-refractivity contribution in [1.29, 1.82) is 0 Å². The first kappa shape index (κ1) is 24.8. The molecule has 0 unspecified atom stereocenters. The molecule has 0 radical (unpaired) electrons. The van der Waals surface area contributed by atoms with E-state index in [1.54, 1.807) is 37.2 Å². The topological polar surface area (TPSA) is 73.7 Å². The molecule has 33 heavy (non-hydrogen) atoms. The van der Waals surface area contributed by atoms with E-state index in [1.807, 2.05) is 43.6 Å². The Bertz CT molecular complexity index is 1160. The molecule has 0 amide bonds. The summed E-state index contributed by atoms with van der Waals surface area (Å²) in [5.74, 6) is 1.65. The van der Waals surface area contributed by atoms with Crippen molar-refractivity contribution >= 4 is 10.0 Å². The highest BCUT2D eigenvalue weighted by Gasteiger charge is 2.25. The molecule has 1 atom stereocenters. The fourth-order valence-corrected chi connectivity index (χ4v) is 5.11. The Labute approximate surface area is 197 Å². The molecule has 0 aliphatic heterocycles. The minimum absolute atomic E-state index is 0.247. The normalized spacial score (nSPS) is 12.7. The van der Waals surface area contributed by atoms with Gasteiger partial charge in [0.2, 0.25) is 10.0 Å². The third kappa shape index (κ3) is 5.94. The monoisotopic (exact) mass is 471 g/mol. The summed E-state index contributed by atoms with van der Waals surface area (Å²) in [7, 11) is 1.30. The highest BCUT2D eigenvalue weighted by atomic mass is 32.2. The lowest BCUT2D eigenvalue weighted by atomic mass is 9.99. The Kier molecular flexibility index (Phi) is 8.15. The average Bonchev–Trinajstić information content (AvgIpc) is 3.25. The smallest absolute Gasteiger partial charge is 0.243 e. The minimum Gasteiger partial charge on any atom is -0.493 e. The van der Waals surface area contributed by atoms with Gasteiger partial charge in [0.25, 0.3) is 0 Å². The highest BCUT2D eigenvalue weighted by molar-refractivity contribution is 7.89. The molecule has 3 rings (SSSR count). The fraction of sp³-hybridized carbons (Fsp3) is 0.400. The van der Waals surface area contributed by atoms with Gasteiger partial charge in [-0.15, -0.1) is 0 Å². The van der Waals surface area contributed by atoms with Gasteiger partial charge >= 0.3 is 0 Å². The molecular formula is C25H33N3O4S. The maximum absolute atomic E-state index is 13.6. The molecule has 0 saturated heterocycles. The lowest BCUT2D eigenvalue weighted by molar-refractivity contribution is 0.354. The van der Waals surface area contributed by atoms with Gasteiger partial charge < -0.3 is 9.47 Å². The van der Waals surface area contributed by atoms with Gasteiger partial charge in [-0.3, -0.25) is 4.68 Å². The molecular weight excluding hydrogens is 438 g/mol. The first-order chi connectivity index (χ1) is 15.8. The third-order valence-corrected chi connectivity index (χ3v) is 7.77. The second kappa shape index (κ2) is 10.9. The second-order valence-corrected chi connectivity index (χ2v) is 10.1. The Morgan fingerprint density at radius 1 is 1.03 bits per heavy atom. The van der Waals surface area contributed by atoms with E-state index in [1.165, 1.54) is 4.31 Å². The Balaban J connectivity index is 1.87. The Morgan fingerprint density at radius 3 is 2.30 bits per heavy atom. The SMILES string of the molecule is CC[C@@H](C)c1ccc(S(=O)(=O)N(CCc2ccc(OC)c(OC)c2)Cc2cnn(C)c2)cc1. The van der Waals surface area contributed by atoms with Crippen LogP contribution in [-0.4, -0.2) is 43.3 Å². The fourth-order valence-electron chi connectivity index (χ4n) is 3.68. The number of aromatic nitrogens is 2. The number of benzene rings is 2. The molecule has 7 nitrogen and oxygen atoms in total. The summed E-state index contributed by atoms with van der Waals surface area (Å²) in [6.07, 6.45) is 5.07. The van der Waals surface area contributed by atoms with Crippen molar-refractivity contribution in [2.24, 2.45) is 7.05 Å². The number of nitrogens with zero attached hydrogens (tertiary/aromatic N) is 3. The summed E-state index contributed by atoms with van der Waals surface area (Å²) in [5, 5.41) is 4.19. The Morgan fingerprint density at radius 2 is 1.73 bits per heavy atom. The second-order valence-electron chi connectivity index (χ2n) is 8.18. The molecule has 1 aromatic heterocycles. The van der Waals surface area contributed by atoms with Crippen molar-refractivity contribution in [2.75, 3.05) is 20.8 Å². The third-order valence-electron chi connectivity index (χ3n) is 5.91. The van der Waals surface area contributed by atoms with Crippen molar-refractivity contribution in [2.45, 2.75) is 44.0 Å². The molecule has 0 saturated carbocycles. The van der Waals surface area contributed by atoms with E-state index >= 15 is 0 Å². The summed E-state index contributed by atoms with van der Waals surface area (Å²) in [5.41, 5.74) is 2.94. The molecule has 0 fully saturated rings. The molecule has 0 aliphatic carbocycles. The van der Waals surface area contributed by atoms with E-state index in [4.69, 9.17) is 9.47 Å². The van der Waals surface area contributed by atoms with E-state index in [0.29, 0.717) is 35.3 Å². The van der Waals surface area contributed by atoms with Crippen LogP contribution in [0.15, 0.2) is 59.8 Å². The number of aryl methyl sites for hydroxylation is 1. The van der Waals surface area contributed by atoms with Crippen LogP contribution in [0.1, 0.15) is 42.9 Å². The molecule has 2 aromatic carbocycles. The van der Waals surface area contributed by atoms with Crippen molar-refractivity contribution in [3.63, 3.8) is 0 Å². The number of ether oxygens (including phenoxy) is 2. The van der Waals surface area contributed by atoms with E-state index in [0.717, 1.165) is 23.1 Å². The number of methoxy groups -OCH3 is 2. The van der Waals surface area contributed by atoms with Crippen LogP contribution in [0.3, 0.4) is 0 Å². The number of hydrogen-bond acceptors (Lipinski definition) is 5. The van der Waals surface area contributed by atoms with Crippen molar-refractivity contribution in [3.05, 3.63) is 71.5 Å². The average molecular weight is 472 g/mol. The number of rotatable bonds is 11. The van der Waals surface area contributed by atoms with Gasteiger partial charge in [0, 0.05) is 31.9 Å². The predicted molar refractivity (Wildman–Crippen MR) is 129 cm³/mol. The lowest BCUT2D eigenvalue weighted by Gasteiger charge is -2.22. The van der Waals surface area contributed by atoms with E-state index < -0.39 is 10.0 Å². The van der Waals surface area contributed by atoms with Gasteiger partial charge in [0.15, 0.2) is 11.5 Å². The molecule has 0 spiro atoms. The standard InChI is InChI=1S/C25H33N3O4S/c1-6-19(2)22-8-10-23(11-9-22)33(29,30)28(18-21-16-26-27(3)17-21)14-13-20-7-12-24(31-4)25(15-20)32-5/h7-12,15-17,19H,6,13-14,18H2,1-5H3/t19-/m1/s1. The maximum Gasteiger partial charge on any atom is 0.243 e. The molecule has 0 aliphatic rings. The van der Waals surface area contributed by atoms with Crippen LogP contribution in [0, 0.1) is 0 Å². The Hall–Kier alpha value is -2.84. The summed E-state index contributed by atoms with van der Waals surface area (Å²) in [6.45, 7) is 4.83. The first-order valence-electron chi connectivity index (χ1n) is 11.1. The van der Waals surface area contributed by atoms with Crippen molar-refractivity contribution < 1.29 is 17.9 Å². The molecule has 178 valence electrons. The molecule has 3 aromatic rings. The van der Waals surface area contributed by atoms with Gasteiger partial charge in [-0.05, 0) is 54.2 Å². The largest absolute Gasteiger partial charge is 0.493 e. The molecule has 8 heteroatoms. The zero-order valence-electron chi connectivity index (χ0n) is 20.0. The zero-order valence-corrected chi connectivity index (χ0v) is 20.8. The molecule has 0 N–H and O–H groups in total. The van der Waals surface area contributed by atoms with E-state index in [2.05, 4.69) is 18.9 Å². The van der Waals surface area contributed by atoms with Crippen LogP contribution < -0.4 is 9.47 Å². The van der Waals surface area contributed by atoms with Crippen LogP contribution in [0.4, 0.5) is 0 Å². The maximum atomic E-state index is 13.6. The first-order valence-corrected chi connectivity index (χ1v) is 12.5. The van der Waals surface area contributed by atoms with Gasteiger partial charge in [0.05, 0.1) is 25.3 Å². The van der Waals surface area contributed by atoms with Gasteiger partial charge in [-0.2, -0.15) is 9.40 Å². The molecule has 1 heterocycles. The lowest BCUT2D eigenvalue weighted by Crippen LogP contribution is -2.32. The van der Waals surface area contributed by atoms with Gasteiger partial charge in [0.1, 0.15) is 0 Å². The van der Waals surface area contributed by atoms with Gasteiger partial charge in [-0.25, -0.2) is 8.42 Å². The summed E-state index contributed by atoms with van der Waals surface area (Å²) < 4.78 is 41.1.